The molecule has 0 saturated carbocycles. The van der Waals surface area contributed by atoms with Crippen molar-refractivity contribution in [1.29, 1.82) is 0 Å². The molecule has 0 saturated heterocycles. The van der Waals surface area contributed by atoms with Gasteiger partial charge in [0.2, 0.25) is 5.91 Å². The van der Waals surface area contributed by atoms with E-state index in [0.29, 0.717) is 13.2 Å². The number of halogens is 2. The maximum absolute atomic E-state index is 12.1. The van der Waals surface area contributed by atoms with Gasteiger partial charge < -0.3 is 15.4 Å². The number of amides is 1. The zero-order chi connectivity index (χ0) is 15.6. The van der Waals surface area contributed by atoms with E-state index < -0.39 is 0 Å². The van der Waals surface area contributed by atoms with E-state index in [0.717, 1.165) is 11.1 Å². The van der Waals surface area contributed by atoms with Crippen LogP contribution in [-0.4, -0.2) is 37.7 Å². The molecule has 0 aliphatic carbocycles. The van der Waals surface area contributed by atoms with E-state index >= 15 is 0 Å². The topological polar surface area (TPSA) is 63.2 Å². The average Bonchev–Trinajstić information content (AvgIpc) is 2.58. The standard InChI is InChI=1S/C17H21N3O2.2ClH/c1-22-11-10-19-13-16(21)20-17(14-6-3-2-4-7-14)15-8-5-9-18-12-15;;/h2-9,12,17,19H,10-11,13H2,1H3,(H,20,21);2*1H. The van der Waals surface area contributed by atoms with Gasteiger partial charge in [-0.3, -0.25) is 9.78 Å². The quantitative estimate of drug-likeness (QED) is 0.699. The van der Waals surface area contributed by atoms with Crippen molar-refractivity contribution in [1.82, 2.24) is 15.6 Å². The van der Waals surface area contributed by atoms with Gasteiger partial charge in [0.05, 0.1) is 19.2 Å². The molecule has 1 atom stereocenters. The molecule has 1 amide bonds. The Morgan fingerprint density at radius 1 is 1.12 bits per heavy atom. The van der Waals surface area contributed by atoms with Gasteiger partial charge in [0.25, 0.3) is 0 Å². The molecule has 7 heteroatoms. The van der Waals surface area contributed by atoms with Crippen LogP contribution in [-0.2, 0) is 9.53 Å². The van der Waals surface area contributed by atoms with Gasteiger partial charge in [-0.15, -0.1) is 24.8 Å². The number of nitrogens with zero attached hydrogens (tertiary/aromatic N) is 1. The van der Waals surface area contributed by atoms with E-state index in [1.54, 1.807) is 19.5 Å². The lowest BCUT2D eigenvalue weighted by molar-refractivity contribution is -0.120. The number of benzene rings is 1. The van der Waals surface area contributed by atoms with E-state index in [1.165, 1.54) is 0 Å². The van der Waals surface area contributed by atoms with E-state index in [4.69, 9.17) is 4.74 Å². The Morgan fingerprint density at radius 3 is 2.46 bits per heavy atom. The third-order valence-corrected chi connectivity index (χ3v) is 3.22. The summed E-state index contributed by atoms with van der Waals surface area (Å²) in [6, 6.07) is 13.5. The Balaban J connectivity index is 0.00000264. The van der Waals surface area contributed by atoms with Crippen LogP contribution in [0, 0.1) is 0 Å². The van der Waals surface area contributed by atoms with Gasteiger partial charge in [0.15, 0.2) is 0 Å². The van der Waals surface area contributed by atoms with Crippen molar-refractivity contribution in [3.05, 3.63) is 66.0 Å². The number of ether oxygens (including phenoxy) is 1. The van der Waals surface area contributed by atoms with Crippen LogP contribution in [0.4, 0.5) is 0 Å². The third kappa shape index (κ3) is 7.27. The summed E-state index contributed by atoms with van der Waals surface area (Å²) in [6.45, 7) is 1.48. The first-order valence-electron chi connectivity index (χ1n) is 7.25. The van der Waals surface area contributed by atoms with Gasteiger partial charge in [-0.2, -0.15) is 0 Å². The minimum Gasteiger partial charge on any atom is -0.383 e. The van der Waals surface area contributed by atoms with Crippen LogP contribution in [0.2, 0.25) is 0 Å². The Kier molecular flexibility index (Phi) is 11.8. The van der Waals surface area contributed by atoms with Crippen LogP contribution in [0.15, 0.2) is 54.9 Å². The summed E-state index contributed by atoms with van der Waals surface area (Å²) in [6.07, 6.45) is 3.50. The summed E-state index contributed by atoms with van der Waals surface area (Å²) in [5, 5.41) is 6.09. The van der Waals surface area contributed by atoms with Crippen LogP contribution in [0.1, 0.15) is 17.2 Å². The highest BCUT2D eigenvalue weighted by Crippen LogP contribution is 2.20. The fourth-order valence-corrected chi connectivity index (χ4v) is 2.14. The molecule has 2 rings (SSSR count). The van der Waals surface area contributed by atoms with E-state index in [9.17, 15) is 4.79 Å². The van der Waals surface area contributed by atoms with Crippen molar-refractivity contribution >= 4 is 30.7 Å². The minimum atomic E-state index is -0.202. The van der Waals surface area contributed by atoms with E-state index in [1.807, 2.05) is 42.5 Å². The van der Waals surface area contributed by atoms with Crippen molar-refractivity contribution < 1.29 is 9.53 Å². The van der Waals surface area contributed by atoms with Crippen LogP contribution in [0.5, 0.6) is 0 Å². The largest absolute Gasteiger partial charge is 0.383 e. The van der Waals surface area contributed by atoms with Crippen molar-refractivity contribution in [3.63, 3.8) is 0 Å². The highest BCUT2D eigenvalue weighted by molar-refractivity contribution is 5.85. The van der Waals surface area contributed by atoms with Gasteiger partial charge in [-0.05, 0) is 17.2 Å². The molecule has 0 aliphatic rings. The normalized spacial score (nSPS) is 10.9. The van der Waals surface area contributed by atoms with Gasteiger partial charge >= 0.3 is 0 Å². The first-order valence-corrected chi connectivity index (χ1v) is 7.25. The molecule has 1 unspecified atom stereocenters. The van der Waals surface area contributed by atoms with E-state index in [2.05, 4.69) is 15.6 Å². The molecule has 1 aromatic heterocycles. The number of rotatable bonds is 8. The van der Waals surface area contributed by atoms with Crippen LogP contribution in [0.25, 0.3) is 0 Å². The molecular formula is C17H23Cl2N3O2. The molecule has 5 nitrogen and oxygen atoms in total. The summed E-state index contributed by atoms with van der Waals surface area (Å²) in [7, 11) is 1.63. The summed E-state index contributed by atoms with van der Waals surface area (Å²) < 4.78 is 4.94. The average molecular weight is 372 g/mol. The molecule has 1 aromatic carbocycles. The monoisotopic (exact) mass is 371 g/mol. The summed E-state index contributed by atoms with van der Waals surface area (Å²) in [5.41, 5.74) is 1.99. The number of aromatic nitrogens is 1. The molecule has 0 spiro atoms. The predicted molar refractivity (Wildman–Crippen MR) is 99.9 cm³/mol. The lowest BCUT2D eigenvalue weighted by atomic mass is 10.0. The van der Waals surface area contributed by atoms with Crippen molar-refractivity contribution in [2.45, 2.75) is 6.04 Å². The van der Waals surface area contributed by atoms with Crippen LogP contribution in [0.3, 0.4) is 0 Å². The van der Waals surface area contributed by atoms with Gasteiger partial charge in [0.1, 0.15) is 0 Å². The molecule has 0 fully saturated rings. The molecule has 132 valence electrons. The third-order valence-electron chi connectivity index (χ3n) is 3.22. The molecule has 2 aromatic rings. The lowest BCUT2D eigenvalue weighted by Crippen LogP contribution is -2.37. The molecule has 0 radical (unpaired) electrons. The second-order valence-corrected chi connectivity index (χ2v) is 4.87. The number of methoxy groups -OCH3 is 1. The van der Waals surface area contributed by atoms with Gasteiger partial charge in [-0.25, -0.2) is 0 Å². The first kappa shape index (κ1) is 22.3. The van der Waals surface area contributed by atoms with Crippen molar-refractivity contribution in [2.24, 2.45) is 0 Å². The fourth-order valence-electron chi connectivity index (χ4n) is 2.14. The predicted octanol–water partition coefficient (Wildman–Crippen LogP) is 2.37. The number of hydrogen-bond donors (Lipinski definition) is 2. The SMILES string of the molecule is COCCNCC(=O)NC(c1ccccc1)c1cccnc1.Cl.Cl. The molecule has 0 bridgehead atoms. The second kappa shape index (κ2) is 12.7. The Morgan fingerprint density at radius 2 is 1.83 bits per heavy atom. The highest BCUT2D eigenvalue weighted by Gasteiger charge is 2.16. The van der Waals surface area contributed by atoms with Crippen LogP contribution >= 0.6 is 24.8 Å². The maximum atomic E-state index is 12.1. The summed E-state index contributed by atoms with van der Waals surface area (Å²) in [5.74, 6) is -0.0613. The lowest BCUT2D eigenvalue weighted by Gasteiger charge is -2.19. The Bertz CT molecular complexity index is 531. The number of carbonyl (C=O) groups excluding carboxylic acids is 1. The summed E-state index contributed by atoms with van der Waals surface area (Å²) in [4.78, 5) is 16.3. The van der Waals surface area contributed by atoms with Gasteiger partial charge in [0, 0.05) is 26.0 Å². The molecule has 0 aliphatic heterocycles. The summed E-state index contributed by atoms with van der Waals surface area (Å²) >= 11 is 0. The molecular weight excluding hydrogens is 349 g/mol. The zero-order valence-corrected chi connectivity index (χ0v) is 15.1. The Hall–Kier alpha value is -1.66. The minimum absolute atomic E-state index is 0. The van der Waals surface area contributed by atoms with Crippen molar-refractivity contribution in [2.75, 3.05) is 26.8 Å². The fraction of sp³-hybridized carbons (Fsp3) is 0.294. The number of pyridine rings is 1. The Labute approximate surface area is 155 Å². The zero-order valence-electron chi connectivity index (χ0n) is 13.5. The highest BCUT2D eigenvalue weighted by atomic mass is 35.5. The molecule has 24 heavy (non-hydrogen) atoms. The number of hydrogen-bond acceptors (Lipinski definition) is 4. The number of nitrogens with one attached hydrogen (secondary N) is 2. The smallest absolute Gasteiger partial charge is 0.234 e. The van der Waals surface area contributed by atoms with Crippen molar-refractivity contribution in [3.8, 4) is 0 Å². The van der Waals surface area contributed by atoms with E-state index in [-0.39, 0.29) is 43.3 Å². The first-order chi connectivity index (χ1) is 10.8. The second-order valence-electron chi connectivity index (χ2n) is 4.87. The maximum Gasteiger partial charge on any atom is 0.234 e. The molecule has 2 N–H and O–H groups in total. The van der Waals surface area contributed by atoms with Gasteiger partial charge in [-0.1, -0.05) is 36.4 Å². The molecule has 1 heterocycles. The van der Waals surface area contributed by atoms with Crippen LogP contribution < -0.4 is 10.6 Å². The number of carbonyl (C=O) groups is 1.